The molecule has 0 aliphatic heterocycles. The lowest BCUT2D eigenvalue weighted by Gasteiger charge is -2.08. The number of carbonyl (C=O) groups excluding carboxylic acids is 1. The van der Waals surface area contributed by atoms with Gasteiger partial charge in [-0.3, -0.25) is 0 Å². The summed E-state index contributed by atoms with van der Waals surface area (Å²) in [6, 6.07) is 21.0. The van der Waals surface area contributed by atoms with Gasteiger partial charge in [-0.25, -0.2) is 4.79 Å². The Morgan fingerprint density at radius 1 is 0.864 bits per heavy atom. The van der Waals surface area contributed by atoms with Gasteiger partial charge < -0.3 is 9.47 Å². The smallest absolute Gasteiger partial charge is 0.349 e. The van der Waals surface area contributed by atoms with E-state index in [0.29, 0.717) is 11.5 Å². The summed E-state index contributed by atoms with van der Waals surface area (Å²) in [4.78, 5) is 11.8. The maximum atomic E-state index is 11.8. The molecule has 0 aliphatic rings. The molecule has 3 aromatic carbocycles. The Hall–Kier alpha value is -2.08. The fourth-order valence-electron chi connectivity index (χ4n) is 2.09. The van der Waals surface area contributed by atoms with Gasteiger partial charge in [0.05, 0.1) is 0 Å². The summed E-state index contributed by atoms with van der Waals surface area (Å²) < 4.78 is 11.7. The van der Waals surface area contributed by atoms with Gasteiger partial charge in [0.2, 0.25) is 0 Å². The number of carbonyl (C=O) groups is 1. The number of benzene rings is 3. The molecule has 110 valence electrons. The van der Waals surface area contributed by atoms with Crippen molar-refractivity contribution in [1.82, 2.24) is 0 Å². The Morgan fingerprint density at radius 2 is 1.68 bits per heavy atom. The third kappa shape index (κ3) is 3.76. The first-order valence-electron chi connectivity index (χ1n) is 6.78. The monoisotopic (exact) mass is 404 g/mol. The Kier molecular flexibility index (Phi) is 4.58. The van der Waals surface area contributed by atoms with E-state index in [1.165, 1.54) is 0 Å². The van der Waals surface area contributed by atoms with Crippen LogP contribution in [0.5, 0.6) is 11.5 Å². The Balaban J connectivity index is 1.62. The van der Waals surface area contributed by atoms with Crippen molar-refractivity contribution in [3.05, 3.63) is 70.3 Å². The predicted octanol–water partition coefficient (Wildman–Crippen LogP) is 4.43. The van der Waals surface area contributed by atoms with Crippen LogP contribution in [0.4, 0.5) is 0 Å². The number of rotatable bonds is 4. The van der Waals surface area contributed by atoms with E-state index < -0.39 is 5.97 Å². The first-order valence-corrected chi connectivity index (χ1v) is 7.86. The van der Waals surface area contributed by atoms with Crippen molar-refractivity contribution < 1.29 is 14.3 Å². The van der Waals surface area contributed by atoms with Crippen LogP contribution < -0.4 is 9.47 Å². The summed E-state index contributed by atoms with van der Waals surface area (Å²) in [7, 11) is 0. The molecule has 0 aromatic heterocycles. The molecule has 0 amide bonds. The van der Waals surface area contributed by atoms with Crippen LogP contribution in [0.25, 0.3) is 10.8 Å². The fraction of sp³-hybridized carbons (Fsp3) is 0.0556. The summed E-state index contributed by atoms with van der Waals surface area (Å²) >= 11 is 2.17. The molecule has 22 heavy (non-hydrogen) atoms. The summed E-state index contributed by atoms with van der Waals surface area (Å²) in [5, 5.41) is 2.21. The molecule has 0 aliphatic carbocycles. The molecule has 0 radical (unpaired) electrons. The molecular formula is C18H13IO3. The van der Waals surface area contributed by atoms with Crippen molar-refractivity contribution in [3.8, 4) is 11.5 Å². The molecule has 3 aromatic rings. The zero-order chi connectivity index (χ0) is 15.4. The minimum atomic E-state index is -0.421. The normalized spacial score (nSPS) is 10.4. The van der Waals surface area contributed by atoms with Crippen LogP contribution in [-0.2, 0) is 4.79 Å². The first-order chi connectivity index (χ1) is 10.7. The molecular weight excluding hydrogens is 391 g/mol. The highest BCUT2D eigenvalue weighted by molar-refractivity contribution is 14.1. The molecule has 0 unspecified atom stereocenters. The topological polar surface area (TPSA) is 35.5 Å². The minimum absolute atomic E-state index is 0.121. The Morgan fingerprint density at radius 3 is 2.50 bits per heavy atom. The molecule has 0 atom stereocenters. The fourth-order valence-corrected chi connectivity index (χ4v) is 2.61. The van der Waals surface area contributed by atoms with E-state index in [9.17, 15) is 4.79 Å². The van der Waals surface area contributed by atoms with Gasteiger partial charge in [0.25, 0.3) is 0 Å². The van der Waals surface area contributed by atoms with Crippen LogP contribution >= 0.6 is 22.6 Å². The van der Waals surface area contributed by atoms with Crippen molar-refractivity contribution in [2.45, 2.75) is 0 Å². The molecule has 0 N–H and O–H groups in total. The van der Waals surface area contributed by atoms with Gasteiger partial charge in [0.15, 0.2) is 6.61 Å². The summed E-state index contributed by atoms with van der Waals surface area (Å²) in [5.74, 6) is 0.757. The molecule has 3 nitrogen and oxygen atoms in total. The van der Waals surface area contributed by atoms with Gasteiger partial charge in [0.1, 0.15) is 11.5 Å². The van der Waals surface area contributed by atoms with Crippen molar-refractivity contribution in [3.63, 3.8) is 0 Å². The van der Waals surface area contributed by atoms with Crippen LogP contribution in [0.3, 0.4) is 0 Å². The minimum Gasteiger partial charge on any atom is -0.482 e. The van der Waals surface area contributed by atoms with Gasteiger partial charge in [-0.2, -0.15) is 0 Å². The predicted molar refractivity (Wildman–Crippen MR) is 94.2 cm³/mol. The lowest BCUT2D eigenvalue weighted by atomic mass is 10.1. The lowest BCUT2D eigenvalue weighted by Crippen LogP contribution is -2.17. The molecule has 0 spiro atoms. The lowest BCUT2D eigenvalue weighted by molar-refractivity contribution is -0.136. The average Bonchev–Trinajstić information content (AvgIpc) is 2.53. The number of hydrogen-bond donors (Lipinski definition) is 0. The molecule has 4 heteroatoms. The van der Waals surface area contributed by atoms with Gasteiger partial charge in [-0.05, 0) is 63.7 Å². The van der Waals surface area contributed by atoms with Crippen LogP contribution in [0, 0.1) is 3.57 Å². The van der Waals surface area contributed by atoms with Crippen molar-refractivity contribution >= 4 is 39.3 Å². The van der Waals surface area contributed by atoms with Gasteiger partial charge in [-0.15, -0.1) is 0 Å². The van der Waals surface area contributed by atoms with Crippen molar-refractivity contribution in [1.29, 1.82) is 0 Å². The zero-order valence-corrected chi connectivity index (χ0v) is 13.8. The highest BCUT2D eigenvalue weighted by atomic mass is 127. The maximum absolute atomic E-state index is 11.8. The van der Waals surface area contributed by atoms with Crippen LogP contribution in [-0.4, -0.2) is 12.6 Å². The summed E-state index contributed by atoms with van der Waals surface area (Å²) in [5.41, 5.74) is 0. The Bertz CT molecular complexity index is 814. The number of fused-ring (bicyclic) bond motifs is 1. The number of halogens is 1. The van der Waals surface area contributed by atoms with E-state index in [0.717, 1.165) is 14.3 Å². The second-order valence-electron chi connectivity index (χ2n) is 4.73. The standard InChI is InChI=1S/C18H13IO3/c19-15-6-3-7-17(11-15)22-18(20)12-21-16-9-8-13-4-1-2-5-14(13)10-16/h1-11H,12H2. The molecule has 0 saturated heterocycles. The van der Waals surface area contributed by atoms with E-state index in [-0.39, 0.29) is 6.61 Å². The van der Waals surface area contributed by atoms with Crippen LogP contribution in [0.2, 0.25) is 0 Å². The number of esters is 1. The molecule has 0 bridgehead atoms. The van der Waals surface area contributed by atoms with E-state index in [4.69, 9.17) is 9.47 Å². The van der Waals surface area contributed by atoms with E-state index in [2.05, 4.69) is 22.6 Å². The highest BCUT2D eigenvalue weighted by Gasteiger charge is 2.07. The molecule has 0 heterocycles. The first kappa shape index (κ1) is 14.8. The van der Waals surface area contributed by atoms with E-state index in [1.807, 2.05) is 54.6 Å². The quantitative estimate of drug-likeness (QED) is 0.367. The van der Waals surface area contributed by atoms with Crippen LogP contribution in [0.1, 0.15) is 0 Å². The van der Waals surface area contributed by atoms with Crippen molar-refractivity contribution in [2.24, 2.45) is 0 Å². The van der Waals surface area contributed by atoms with Gasteiger partial charge in [0, 0.05) is 3.57 Å². The summed E-state index contributed by atoms with van der Waals surface area (Å²) in [6.07, 6.45) is 0. The van der Waals surface area contributed by atoms with Crippen LogP contribution in [0.15, 0.2) is 66.7 Å². The number of hydrogen-bond acceptors (Lipinski definition) is 3. The summed E-state index contributed by atoms with van der Waals surface area (Å²) in [6.45, 7) is -0.121. The van der Waals surface area contributed by atoms with Crippen molar-refractivity contribution in [2.75, 3.05) is 6.61 Å². The average molecular weight is 404 g/mol. The number of ether oxygens (including phenoxy) is 2. The van der Waals surface area contributed by atoms with E-state index >= 15 is 0 Å². The molecule has 0 saturated carbocycles. The molecule has 3 rings (SSSR count). The highest BCUT2D eigenvalue weighted by Crippen LogP contribution is 2.20. The molecule has 0 fully saturated rings. The van der Waals surface area contributed by atoms with Gasteiger partial charge >= 0.3 is 5.97 Å². The van der Waals surface area contributed by atoms with E-state index in [1.54, 1.807) is 12.1 Å². The Labute approximate surface area is 142 Å². The zero-order valence-electron chi connectivity index (χ0n) is 11.7. The third-order valence-electron chi connectivity index (χ3n) is 3.11. The third-order valence-corrected chi connectivity index (χ3v) is 3.78. The second kappa shape index (κ2) is 6.79. The SMILES string of the molecule is O=C(COc1ccc2ccccc2c1)Oc1cccc(I)c1. The second-order valence-corrected chi connectivity index (χ2v) is 5.97. The maximum Gasteiger partial charge on any atom is 0.349 e. The largest absolute Gasteiger partial charge is 0.482 e. The van der Waals surface area contributed by atoms with Gasteiger partial charge in [-0.1, -0.05) is 36.4 Å².